The highest BCUT2D eigenvalue weighted by Crippen LogP contribution is 2.24. The molecule has 0 spiro atoms. The van der Waals surface area contributed by atoms with Crippen LogP contribution in [0.2, 0.25) is 0 Å². The molecule has 1 aliphatic rings. The maximum atomic E-state index is 3.67. The van der Waals surface area contributed by atoms with E-state index in [1.807, 2.05) is 0 Å². The van der Waals surface area contributed by atoms with Crippen LogP contribution in [-0.2, 0) is 7.05 Å². The van der Waals surface area contributed by atoms with Crippen molar-refractivity contribution in [3.63, 3.8) is 0 Å². The number of hydrogen-bond donors (Lipinski definition) is 1. The number of aryl methyl sites for hydroxylation is 1. The Hall–Kier alpha value is -1.44. The van der Waals surface area contributed by atoms with Crippen LogP contribution in [0.4, 0.5) is 5.69 Å². The fourth-order valence-electron chi connectivity index (χ4n) is 2.85. The smallest absolute Gasteiger partial charge is 0.0479 e. The Labute approximate surface area is 103 Å². The molecule has 1 fully saturated rings. The van der Waals surface area contributed by atoms with Crippen molar-refractivity contribution in [3.05, 3.63) is 30.5 Å². The third-order valence-corrected chi connectivity index (χ3v) is 3.86. The van der Waals surface area contributed by atoms with Gasteiger partial charge in [-0.1, -0.05) is 19.3 Å². The van der Waals surface area contributed by atoms with E-state index in [1.54, 1.807) is 0 Å². The van der Waals surface area contributed by atoms with Crippen molar-refractivity contribution in [2.75, 3.05) is 5.32 Å². The van der Waals surface area contributed by atoms with Gasteiger partial charge in [-0.15, -0.1) is 0 Å². The molecule has 0 atom stereocenters. The Balaban J connectivity index is 1.80. The molecule has 1 aromatic carbocycles. The van der Waals surface area contributed by atoms with Gasteiger partial charge in [0.05, 0.1) is 0 Å². The summed E-state index contributed by atoms with van der Waals surface area (Å²) in [6.45, 7) is 0. The van der Waals surface area contributed by atoms with Crippen LogP contribution in [0, 0.1) is 0 Å². The maximum Gasteiger partial charge on any atom is 0.0479 e. The molecule has 2 heteroatoms. The van der Waals surface area contributed by atoms with E-state index in [4.69, 9.17) is 0 Å². The van der Waals surface area contributed by atoms with E-state index < -0.39 is 0 Å². The van der Waals surface area contributed by atoms with Gasteiger partial charge in [0, 0.05) is 35.9 Å². The fourth-order valence-corrected chi connectivity index (χ4v) is 2.85. The summed E-state index contributed by atoms with van der Waals surface area (Å²) in [4.78, 5) is 0. The van der Waals surface area contributed by atoms with Gasteiger partial charge in [-0.3, -0.25) is 0 Å². The molecule has 1 saturated carbocycles. The minimum Gasteiger partial charge on any atom is -0.382 e. The van der Waals surface area contributed by atoms with Crippen LogP contribution >= 0.6 is 0 Å². The highest BCUT2D eigenvalue weighted by atomic mass is 14.9. The van der Waals surface area contributed by atoms with Gasteiger partial charge >= 0.3 is 0 Å². The van der Waals surface area contributed by atoms with Crippen molar-refractivity contribution in [3.8, 4) is 0 Å². The molecule has 1 heterocycles. The monoisotopic (exact) mass is 228 g/mol. The topological polar surface area (TPSA) is 17.0 Å². The highest BCUT2D eigenvalue weighted by molar-refractivity contribution is 5.83. The zero-order chi connectivity index (χ0) is 11.7. The molecular formula is C15H20N2. The first-order valence-electron chi connectivity index (χ1n) is 6.64. The molecule has 0 aliphatic heterocycles. The standard InChI is InChI=1S/C15H20N2/c1-17-10-9-12-11-14(7-8-15(12)17)16-13-5-3-2-4-6-13/h7-11,13,16H,2-6H2,1H3. The summed E-state index contributed by atoms with van der Waals surface area (Å²) < 4.78 is 2.17. The molecule has 0 amide bonds. The molecule has 0 bridgehead atoms. The predicted octanol–water partition coefficient (Wildman–Crippen LogP) is 3.92. The Kier molecular flexibility index (Phi) is 2.79. The molecule has 0 saturated heterocycles. The van der Waals surface area contributed by atoms with Crippen molar-refractivity contribution in [1.29, 1.82) is 0 Å². The molecule has 17 heavy (non-hydrogen) atoms. The van der Waals surface area contributed by atoms with Gasteiger partial charge in [0.1, 0.15) is 0 Å². The van der Waals surface area contributed by atoms with Crippen LogP contribution in [0.15, 0.2) is 30.5 Å². The lowest BCUT2D eigenvalue weighted by Gasteiger charge is -2.23. The van der Waals surface area contributed by atoms with Gasteiger partial charge in [0.25, 0.3) is 0 Å². The summed E-state index contributed by atoms with van der Waals surface area (Å²) in [5.41, 5.74) is 2.58. The van der Waals surface area contributed by atoms with E-state index in [0.717, 1.165) is 0 Å². The average molecular weight is 228 g/mol. The summed E-state index contributed by atoms with van der Waals surface area (Å²) >= 11 is 0. The third-order valence-electron chi connectivity index (χ3n) is 3.86. The van der Waals surface area contributed by atoms with E-state index in [9.17, 15) is 0 Å². The first kappa shape index (κ1) is 10.7. The first-order valence-corrected chi connectivity index (χ1v) is 6.64. The van der Waals surface area contributed by atoms with E-state index in [2.05, 4.69) is 47.4 Å². The van der Waals surface area contributed by atoms with Crippen LogP contribution in [0.5, 0.6) is 0 Å². The Morgan fingerprint density at radius 1 is 1.12 bits per heavy atom. The van der Waals surface area contributed by atoms with E-state index in [0.29, 0.717) is 6.04 Å². The minimum atomic E-state index is 0.685. The van der Waals surface area contributed by atoms with Gasteiger partial charge in [0.2, 0.25) is 0 Å². The van der Waals surface area contributed by atoms with Gasteiger partial charge in [-0.05, 0) is 37.1 Å². The molecule has 90 valence electrons. The quantitative estimate of drug-likeness (QED) is 0.824. The predicted molar refractivity (Wildman–Crippen MR) is 73.4 cm³/mol. The highest BCUT2D eigenvalue weighted by Gasteiger charge is 2.12. The van der Waals surface area contributed by atoms with Crippen molar-refractivity contribution in [2.45, 2.75) is 38.1 Å². The molecule has 2 aromatic rings. The molecule has 1 aromatic heterocycles. The Morgan fingerprint density at radius 2 is 1.94 bits per heavy atom. The maximum absolute atomic E-state index is 3.67. The lowest BCUT2D eigenvalue weighted by Crippen LogP contribution is -2.22. The summed E-state index contributed by atoms with van der Waals surface area (Å²) in [6, 6.07) is 9.55. The largest absolute Gasteiger partial charge is 0.382 e. The Morgan fingerprint density at radius 3 is 2.76 bits per heavy atom. The number of nitrogens with zero attached hydrogens (tertiary/aromatic N) is 1. The summed E-state index contributed by atoms with van der Waals surface area (Å²) in [5, 5.41) is 5.00. The lowest BCUT2D eigenvalue weighted by atomic mass is 9.95. The van der Waals surface area contributed by atoms with Crippen molar-refractivity contribution >= 4 is 16.6 Å². The molecule has 0 radical (unpaired) electrons. The normalized spacial score (nSPS) is 17.5. The van der Waals surface area contributed by atoms with Crippen LogP contribution in [0.1, 0.15) is 32.1 Å². The number of fused-ring (bicyclic) bond motifs is 1. The number of benzene rings is 1. The van der Waals surface area contributed by atoms with Gasteiger partial charge in [-0.25, -0.2) is 0 Å². The number of rotatable bonds is 2. The van der Waals surface area contributed by atoms with Crippen LogP contribution in [0.25, 0.3) is 10.9 Å². The second-order valence-electron chi connectivity index (χ2n) is 5.18. The second kappa shape index (κ2) is 4.44. The SMILES string of the molecule is Cn1ccc2cc(NC3CCCCC3)ccc21. The number of hydrogen-bond acceptors (Lipinski definition) is 1. The van der Waals surface area contributed by atoms with Crippen LogP contribution in [-0.4, -0.2) is 10.6 Å². The molecule has 2 nitrogen and oxygen atoms in total. The van der Waals surface area contributed by atoms with Gasteiger partial charge in [0.15, 0.2) is 0 Å². The zero-order valence-corrected chi connectivity index (χ0v) is 10.4. The second-order valence-corrected chi connectivity index (χ2v) is 5.18. The summed E-state index contributed by atoms with van der Waals surface area (Å²) in [5.74, 6) is 0. The third kappa shape index (κ3) is 2.17. The van der Waals surface area contributed by atoms with Crippen molar-refractivity contribution < 1.29 is 0 Å². The fraction of sp³-hybridized carbons (Fsp3) is 0.467. The molecule has 1 N–H and O–H groups in total. The summed E-state index contributed by atoms with van der Waals surface area (Å²) in [6.07, 6.45) is 8.95. The summed E-state index contributed by atoms with van der Waals surface area (Å²) in [7, 11) is 2.09. The van der Waals surface area contributed by atoms with Crippen LogP contribution in [0.3, 0.4) is 0 Å². The van der Waals surface area contributed by atoms with E-state index >= 15 is 0 Å². The van der Waals surface area contributed by atoms with Gasteiger partial charge < -0.3 is 9.88 Å². The number of nitrogens with one attached hydrogen (secondary N) is 1. The molecule has 1 aliphatic carbocycles. The zero-order valence-electron chi connectivity index (χ0n) is 10.4. The van der Waals surface area contributed by atoms with Crippen LogP contribution < -0.4 is 5.32 Å². The molecule has 3 rings (SSSR count). The average Bonchev–Trinajstić information content (AvgIpc) is 2.72. The van der Waals surface area contributed by atoms with Crippen molar-refractivity contribution in [1.82, 2.24) is 4.57 Å². The first-order chi connectivity index (χ1) is 8.33. The number of anilines is 1. The van der Waals surface area contributed by atoms with E-state index in [-0.39, 0.29) is 0 Å². The Bertz CT molecular complexity index is 507. The van der Waals surface area contributed by atoms with E-state index in [1.165, 1.54) is 48.7 Å². The number of aromatic nitrogens is 1. The van der Waals surface area contributed by atoms with Crippen molar-refractivity contribution in [2.24, 2.45) is 7.05 Å². The molecular weight excluding hydrogens is 208 g/mol. The lowest BCUT2D eigenvalue weighted by molar-refractivity contribution is 0.463. The minimum absolute atomic E-state index is 0.685. The van der Waals surface area contributed by atoms with Gasteiger partial charge in [-0.2, -0.15) is 0 Å². The molecule has 0 unspecified atom stereocenters.